The molecule has 1 heterocycles. The first-order chi connectivity index (χ1) is 14.1. The third kappa shape index (κ3) is 5.93. The van der Waals surface area contributed by atoms with Gasteiger partial charge in [-0.1, -0.05) is 30.3 Å². The van der Waals surface area contributed by atoms with E-state index in [9.17, 15) is 9.90 Å². The van der Waals surface area contributed by atoms with Crippen LogP contribution in [0.3, 0.4) is 0 Å². The van der Waals surface area contributed by atoms with Crippen LogP contribution in [-0.2, 0) is 20.8 Å². The topological polar surface area (TPSA) is 83.5 Å². The van der Waals surface area contributed by atoms with Crippen molar-refractivity contribution in [2.24, 2.45) is 0 Å². The standard InChI is InChI=1S/C22H26O7/c1-25-19-9-8-16(10-20(19)27-13-15-6-4-3-5-7-15)22(24)28-14-18-11-17(23)12-21(26-2)29-18/h3-10,17-18,21,23H,11-14H2,1-2H3. The number of benzene rings is 2. The Bertz CT molecular complexity index is 793. The van der Waals surface area contributed by atoms with Crippen molar-refractivity contribution in [3.8, 4) is 11.5 Å². The van der Waals surface area contributed by atoms with Crippen LogP contribution in [0.5, 0.6) is 11.5 Å². The van der Waals surface area contributed by atoms with Gasteiger partial charge in [0.25, 0.3) is 0 Å². The lowest BCUT2D eigenvalue weighted by Gasteiger charge is -2.31. The van der Waals surface area contributed by atoms with Crippen LogP contribution in [0, 0.1) is 0 Å². The number of carbonyl (C=O) groups excluding carboxylic acids is 1. The van der Waals surface area contributed by atoms with E-state index in [1.165, 1.54) is 7.11 Å². The third-order valence-electron chi connectivity index (χ3n) is 4.64. The maximum Gasteiger partial charge on any atom is 0.338 e. The van der Waals surface area contributed by atoms with Crippen molar-refractivity contribution in [2.75, 3.05) is 20.8 Å². The number of aliphatic hydroxyl groups is 1. The van der Waals surface area contributed by atoms with Crippen LogP contribution in [0.2, 0.25) is 0 Å². The van der Waals surface area contributed by atoms with Gasteiger partial charge in [-0.2, -0.15) is 0 Å². The number of methoxy groups -OCH3 is 2. The summed E-state index contributed by atoms with van der Waals surface area (Å²) in [6.07, 6.45) is -0.666. The van der Waals surface area contributed by atoms with E-state index in [-0.39, 0.29) is 6.61 Å². The first kappa shape index (κ1) is 21.1. The number of ether oxygens (including phenoxy) is 5. The normalized spacial score (nSPS) is 21.4. The zero-order valence-electron chi connectivity index (χ0n) is 16.6. The molecule has 1 fully saturated rings. The van der Waals surface area contributed by atoms with Gasteiger partial charge in [-0.25, -0.2) is 4.79 Å². The van der Waals surface area contributed by atoms with E-state index >= 15 is 0 Å². The molecule has 3 rings (SSSR count). The van der Waals surface area contributed by atoms with Gasteiger partial charge in [0.15, 0.2) is 17.8 Å². The highest BCUT2D eigenvalue weighted by Crippen LogP contribution is 2.29. The molecule has 0 radical (unpaired) electrons. The fourth-order valence-electron chi connectivity index (χ4n) is 3.11. The number of hydrogen-bond acceptors (Lipinski definition) is 7. The van der Waals surface area contributed by atoms with Crippen molar-refractivity contribution in [1.29, 1.82) is 0 Å². The molecule has 1 saturated heterocycles. The Morgan fingerprint density at radius 1 is 1.10 bits per heavy atom. The Morgan fingerprint density at radius 2 is 1.90 bits per heavy atom. The van der Waals surface area contributed by atoms with Gasteiger partial charge in [0, 0.05) is 20.0 Å². The first-order valence-electron chi connectivity index (χ1n) is 9.47. The molecule has 2 aromatic carbocycles. The minimum atomic E-state index is -0.545. The second-order valence-corrected chi connectivity index (χ2v) is 6.79. The maximum atomic E-state index is 12.5. The summed E-state index contributed by atoms with van der Waals surface area (Å²) in [6.45, 7) is 0.379. The van der Waals surface area contributed by atoms with Crippen molar-refractivity contribution in [3.05, 3.63) is 59.7 Å². The predicted molar refractivity (Wildman–Crippen MR) is 105 cm³/mol. The van der Waals surface area contributed by atoms with Gasteiger partial charge in [-0.05, 0) is 23.8 Å². The minimum Gasteiger partial charge on any atom is -0.493 e. The molecule has 0 aromatic heterocycles. The Hall–Kier alpha value is -2.61. The molecule has 0 saturated carbocycles. The summed E-state index contributed by atoms with van der Waals surface area (Å²) >= 11 is 0. The molecule has 7 nitrogen and oxygen atoms in total. The molecule has 3 atom stereocenters. The highest BCUT2D eigenvalue weighted by molar-refractivity contribution is 5.90. The molecule has 7 heteroatoms. The summed E-state index contributed by atoms with van der Waals surface area (Å²) < 4.78 is 27.3. The van der Waals surface area contributed by atoms with Crippen LogP contribution < -0.4 is 9.47 Å². The van der Waals surface area contributed by atoms with Crippen molar-refractivity contribution in [1.82, 2.24) is 0 Å². The molecule has 1 aliphatic rings. The second-order valence-electron chi connectivity index (χ2n) is 6.79. The second kappa shape index (κ2) is 10.2. The van der Waals surface area contributed by atoms with Crippen molar-refractivity contribution >= 4 is 5.97 Å². The molecule has 0 spiro atoms. The van der Waals surface area contributed by atoms with E-state index < -0.39 is 24.5 Å². The third-order valence-corrected chi connectivity index (χ3v) is 4.64. The maximum absolute atomic E-state index is 12.5. The minimum absolute atomic E-state index is 0.0298. The van der Waals surface area contributed by atoms with Gasteiger partial charge in [-0.15, -0.1) is 0 Å². The van der Waals surface area contributed by atoms with Crippen LogP contribution in [0.4, 0.5) is 0 Å². The van der Waals surface area contributed by atoms with Crippen LogP contribution in [0.25, 0.3) is 0 Å². The van der Waals surface area contributed by atoms with Gasteiger partial charge < -0.3 is 28.8 Å². The molecule has 1 N–H and O–H groups in total. The molecule has 3 unspecified atom stereocenters. The summed E-state index contributed by atoms with van der Waals surface area (Å²) in [5.74, 6) is 0.476. The molecule has 1 aliphatic heterocycles. The molecular formula is C22H26O7. The lowest BCUT2D eigenvalue weighted by molar-refractivity contribution is -0.210. The van der Waals surface area contributed by atoms with E-state index in [2.05, 4.69) is 0 Å². The van der Waals surface area contributed by atoms with Gasteiger partial charge in [0.2, 0.25) is 0 Å². The van der Waals surface area contributed by atoms with E-state index in [0.717, 1.165) is 5.56 Å². The number of esters is 1. The summed E-state index contributed by atoms with van der Waals surface area (Å²) in [6, 6.07) is 14.6. The predicted octanol–water partition coefficient (Wildman–Crippen LogP) is 2.94. The number of carbonyl (C=O) groups is 1. The van der Waals surface area contributed by atoms with Crippen LogP contribution in [0.1, 0.15) is 28.8 Å². The smallest absolute Gasteiger partial charge is 0.338 e. The highest BCUT2D eigenvalue weighted by atomic mass is 16.7. The van der Waals surface area contributed by atoms with E-state index in [1.54, 1.807) is 25.3 Å². The van der Waals surface area contributed by atoms with Gasteiger partial charge in [0.1, 0.15) is 13.2 Å². The molecular weight excluding hydrogens is 376 g/mol. The van der Waals surface area contributed by atoms with E-state index in [1.807, 2.05) is 30.3 Å². The number of rotatable bonds is 8. The molecule has 0 aliphatic carbocycles. The average Bonchev–Trinajstić information content (AvgIpc) is 2.76. The lowest BCUT2D eigenvalue weighted by atomic mass is 10.1. The molecule has 2 aromatic rings. The molecule has 0 amide bonds. The number of hydrogen-bond donors (Lipinski definition) is 1. The van der Waals surface area contributed by atoms with Gasteiger partial charge in [-0.3, -0.25) is 0 Å². The van der Waals surface area contributed by atoms with Crippen molar-refractivity contribution < 1.29 is 33.6 Å². The van der Waals surface area contributed by atoms with E-state index in [4.69, 9.17) is 23.7 Å². The largest absolute Gasteiger partial charge is 0.493 e. The Balaban J connectivity index is 1.61. The summed E-state index contributed by atoms with van der Waals surface area (Å²) in [7, 11) is 3.06. The fourth-order valence-corrected chi connectivity index (χ4v) is 3.11. The zero-order valence-corrected chi connectivity index (χ0v) is 16.6. The summed E-state index contributed by atoms with van der Waals surface area (Å²) in [5, 5.41) is 9.88. The first-order valence-corrected chi connectivity index (χ1v) is 9.47. The average molecular weight is 402 g/mol. The quantitative estimate of drug-likeness (QED) is 0.680. The highest BCUT2D eigenvalue weighted by Gasteiger charge is 2.29. The monoisotopic (exact) mass is 402 g/mol. The van der Waals surface area contributed by atoms with Crippen LogP contribution in [0.15, 0.2) is 48.5 Å². The van der Waals surface area contributed by atoms with Crippen molar-refractivity contribution in [3.63, 3.8) is 0 Å². The SMILES string of the molecule is COc1ccc(C(=O)OCC2CC(O)CC(OC)O2)cc1OCc1ccccc1. The summed E-state index contributed by atoms with van der Waals surface area (Å²) in [4.78, 5) is 12.5. The van der Waals surface area contributed by atoms with Gasteiger partial charge >= 0.3 is 5.97 Å². The number of aliphatic hydroxyl groups excluding tert-OH is 1. The molecule has 0 bridgehead atoms. The Morgan fingerprint density at radius 3 is 2.62 bits per heavy atom. The Labute approximate surface area is 170 Å². The molecule has 156 valence electrons. The fraction of sp³-hybridized carbons (Fsp3) is 0.409. The lowest BCUT2D eigenvalue weighted by Crippen LogP contribution is -2.39. The van der Waals surface area contributed by atoms with Gasteiger partial charge in [0.05, 0.1) is 24.9 Å². The zero-order chi connectivity index (χ0) is 20.6. The summed E-state index contributed by atoms with van der Waals surface area (Å²) in [5.41, 5.74) is 1.34. The van der Waals surface area contributed by atoms with E-state index in [0.29, 0.717) is 36.5 Å². The van der Waals surface area contributed by atoms with Crippen LogP contribution >= 0.6 is 0 Å². The Kier molecular flexibility index (Phi) is 7.46. The molecule has 29 heavy (non-hydrogen) atoms. The van der Waals surface area contributed by atoms with Crippen LogP contribution in [-0.4, -0.2) is 50.4 Å². The van der Waals surface area contributed by atoms with Crippen molar-refractivity contribution in [2.45, 2.75) is 37.9 Å².